The molecule has 7 heteroatoms. The number of carbonyl (C=O) groups excluding carboxylic acids is 1. The summed E-state index contributed by atoms with van der Waals surface area (Å²) in [6.07, 6.45) is 1.86. The topological polar surface area (TPSA) is 82.0 Å². The lowest BCUT2D eigenvalue weighted by Crippen LogP contribution is -2.56. The van der Waals surface area contributed by atoms with Crippen LogP contribution in [0.4, 0.5) is 5.69 Å². The highest BCUT2D eigenvalue weighted by molar-refractivity contribution is 7.99. The number of carboxylic acids is 1. The zero-order valence-corrected chi connectivity index (χ0v) is 14.4. The molecule has 2 aliphatic heterocycles. The Balaban J connectivity index is 1.71. The van der Waals surface area contributed by atoms with E-state index in [0.29, 0.717) is 18.4 Å². The number of benzene rings is 1. The van der Waals surface area contributed by atoms with Crippen molar-refractivity contribution in [2.24, 2.45) is 5.10 Å². The molecule has 0 radical (unpaired) electrons. The maximum Gasteiger partial charge on any atom is 0.329 e. The quantitative estimate of drug-likeness (QED) is 0.874. The fraction of sp³-hybridized carbons (Fsp3) is 0.471. The monoisotopic (exact) mass is 347 g/mol. The van der Waals surface area contributed by atoms with E-state index >= 15 is 0 Å². The average molecular weight is 347 g/mol. The number of nitrogens with zero attached hydrogens (tertiary/aromatic N) is 2. The lowest BCUT2D eigenvalue weighted by Gasteiger charge is -2.33. The van der Waals surface area contributed by atoms with Crippen molar-refractivity contribution in [2.45, 2.75) is 31.7 Å². The first-order valence-corrected chi connectivity index (χ1v) is 9.21. The van der Waals surface area contributed by atoms with Crippen molar-refractivity contribution < 1.29 is 14.7 Å². The molecule has 2 aliphatic rings. The number of rotatable bonds is 4. The Labute approximate surface area is 145 Å². The SMILES string of the molecule is CC1=NN(c2ccc(C(=O)NC3(C(=O)O)CCSCC3)cc2)CC1. The Morgan fingerprint density at radius 2 is 1.92 bits per heavy atom. The molecule has 0 spiro atoms. The normalized spacial score (nSPS) is 19.7. The summed E-state index contributed by atoms with van der Waals surface area (Å²) in [5.41, 5.74) is 1.36. The summed E-state index contributed by atoms with van der Waals surface area (Å²) in [5.74, 6) is 0.210. The molecule has 0 atom stereocenters. The van der Waals surface area contributed by atoms with Gasteiger partial charge in [0.1, 0.15) is 5.54 Å². The van der Waals surface area contributed by atoms with Crippen LogP contribution in [0.1, 0.15) is 36.5 Å². The third-order valence-electron chi connectivity index (χ3n) is 4.51. The van der Waals surface area contributed by atoms with Crippen molar-refractivity contribution in [1.29, 1.82) is 0 Å². The highest BCUT2D eigenvalue weighted by Gasteiger charge is 2.41. The molecule has 6 nitrogen and oxygen atoms in total. The molecule has 0 bridgehead atoms. The van der Waals surface area contributed by atoms with Crippen LogP contribution in [0.2, 0.25) is 0 Å². The predicted molar refractivity (Wildman–Crippen MR) is 95.9 cm³/mol. The molecule has 1 amide bonds. The number of amides is 1. The maximum atomic E-state index is 12.5. The second-order valence-electron chi connectivity index (χ2n) is 6.21. The third kappa shape index (κ3) is 3.40. The standard InChI is InChI=1S/C17H21N3O3S/c1-12-6-9-20(19-12)14-4-2-13(3-5-14)15(21)18-17(16(22)23)7-10-24-11-8-17/h2-5H,6-11H2,1H3,(H,18,21)(H,22,23). The van der Waals surface area contributed by atoms with Gasteiger partial charge < -0.3 is 10.4 Å². The van der Waals surface area contributed by atoms with Gasteiger partial charge in [0.25, 0.3) is 5.91 Å². The number of hydrazone groups is 1. The highest BCUT2D eigenvalue weighted by atomic mass is 32.2. The van der Waals surface area contributed by atoms with E-state index in [4.69, 9.17) is 0 Å². The largest absolute Gasteiger partial charge is 0.480 e. The van der Waals surface area contributed by atoms with Crippen LogP contribution >= 0.6 is 11.8 Å². The minimum absolute atomic E-state index is 0.336. The van der Waals surface area contributed by atoms with E-state index in [1.54, 1.807) is 23.9 Å². The van der Waals surface area contributed by atoms with Crippen LogP contribution < -0.4 is 10.3 Å². The Morgan fingerprint density at radius 3 is 2.46 bits per heavy atom. The van der Waals surface area contributed by atoms with Crippen molar-refractivity contribution in [3.05, 3.63) is 29.8 Å². The number of nitrogens with one attached hydrogen (secondary N) is 1. The van der Waals surface area contributed by atoms with Crippen LogP contribution in [0.3, 0.4) is 0 Å². The smallest absolute Gasteiger partial charge is 0.329 e. The third-order valence-corrected chi connectivity index (χ3v) is 5.50. The Kier molecular flexibility index (Phi) is 4.80. The first kappa shape index (κ1) is 16.8. The van der Waals surface area contributed by atoms with Crippen LogP contribution in [0.5, 0.6) is 0 Å². The summed E-state index contributed by atoms with van der Waals surface area (Å²) < 4.78 is 0. The molecule has 2 heterocycles. The van der Waals surface area contributed by atoms with E-state index in [0.717, 1.165) is 35.9 Å². The van der Waals surface area contributed by atoms with Crippen molar-refractivity contribution in [3.63, 3.8) is 0 Å². The van der Waals surface area contributed by atoms with E-state index in [-0.39, 0.29) is 5.91 Å². The number of hydrogen-bond donors (Lipinski definition) is 2. The van der Waals surface area contributed by atoms with Gasteiger partial charge in [-0.05, 0) is 55.5 Å². The fourth-order valence-electron chi connectivity index (χ4n) is 2.95. The molecular weight excluding hydrogens is 326 g/mol. The van der Waals surface area contributed by atoms with Crippen molar-refractivity contribution in [2.75, 3.05) is 23.1 Å². The Hall–Kier alpha value is -2.02. The molecule has 1 fully saturated rings. The molecule has 0 aliphatic carbocycles. The van der Waals surface area contributed by atoms with Gasteiger partial charge in [-0.1, -0.05) is 0 Å². The van der Waals surface area contributed by atoms with Gasteiger partial charge in [0.15, 0.2) is 0 Å². The maximum absolute atomic E-state index is 12.5. The van der Waals surface area contributed by atoms with Crippen molar-refractivity contribution >= 4 is 35.0 Å². The van der Waals surface area contributed by atoms with E-state index in [1.807, 2.05) is 24.1 Å². The number of aliphatic carboxylic acids is 1. The lowest BCUT2D eigenvalue weighted by molar-refractivity contribution is -0.144. The molecule has 3 rings (SSSR count). The Bertz CT molecular complexity index is 666. The summed E-state index contributed by atoms with van der Waals surface area (Å²) in [4.78, 5) is 24.1. The minimum Gasteiger partial charge on any atom is -0.480 e. The summed E-state index contributed by atoms with van der Waals surface area (Å²) in [6.45, 7) is 2.84. The van der Waals surface area contributed by atoms with Gasteiger partial charge in [-0.15, -0.1) is 0 Å². The average Bonchev–Trinajstić information content (AvgIpc) is 3.02. The van der Waals surface area contributed by atoms with Gasteiger partial charge in [0.2, 0.25) is 0 Å². The number of carbonyl (C=O) groups is 2. The zero-order chi connectivity index (χ0) is 17.2. The van der Waals surface area contributed by atoms with Gasteiger partial charge >= 0.3 is 5.97 Å². The molecule has 0 saturated carbocycles. The van der Waals surface area contributed by atoms with Crippen LogP contribution in [0.15, 0.2) is 29.4 Å². The zero-order valence-electron chi connectivity index (χ0n) is 13.6. The van der Waals surface area contributed by atoms with Gasteiger partial charge in [0, 0.05) is 24.2 Å². The Morgan fingerprint density at radius 1 is 1.25 bits per heavy atom. The summed E-state index contributed by atoms with van der Waals surface area (Å²) in [6, 6.07) is 7.14. The highest BCUT2D eigenvalue weighted by Crippen LogP contribution is 2.28. The van der Waals surface area contributed by atoms with Crippen LogP contribution in [-0.4, -0.2) is 46.3 Å². The first-order chi connectivity index (χ1) is 11.5. The predicted octanol–water partition coefficient (Wildman–Crippen LogP) is 2.35. The minimum atomic E-state index is -1.14. The summed E-state index contributed by atoms with van der Waals surface area (Å²) in [5, 5.41) is 18.6. The molecule has 1 aromatic carbocycles. The van der Waals surface area contributed by atoms with E-state index in [2.05, 4.69) is 10.4 Å². The molecule has 1 aromatic rings. The van der Waals surface area contributed by atoms with Crippen LogP contribution in [0.25, 0.3) is 0 Å². The number of anilines is 1. The summed E-state index contributed by atoms with van der Waals surface area (Å²) >= 11 is 1.72. The van der Waals surface area contributed by atoms with E-state index < -0.39 is 11.5 Å². The molecule has 0 unspecified atom stereocenters. The fourth-order valence-corrected chi connectivity index (χ4v) is 4.14. The van der Waals surface area contributed by atoms with Gasteiger partial charge in [-0.25, -0.2) is 4.79 Å². The van der Waals surface area contributed by atoms with Gasteiger partial charge in [-0.3, -0.25) is 9.80 Å². The summed E-state index contributed by atoms with van der Waals surface area (Å²) in [7, 11) is 0. The number of hydrogen-bond acceptors (Lipinski definition) is 5. The number of carboxylic acid groups (broad SMARTS) is 1. The van der Waals surface area contributed by atoms with Crippen molar-refractivity contribution in [3.8, 4) is 0 Å². The molecule has 2 N–H and O–H groups in total. The van der Waals surface area contributed by atoms with E-state index in [9.17, 15) is 14.7 Å². The van der Waals surface area contributed by atoms with Crippen LogP contribution in [0, 0.1) is 0 Å². The first-order valence-electron chi connectivity index (χ1n) is 8.05. The second kappa shape index (κ2) is 6.84. The molecule has 24 heavy (non-hydrogen) atoms. The molecule has 0 aromatic heterocycles. The molecular formula is C17H21N3O3S. The number of thioether (sulfide) groups is 1. The van der Waals surface area contributed by atoms with E-state index in [1.165, 1.54) is 0 Å². The van der Waals surface area contributed by atoms with Crippen LogP contribution in [-0.2, 0) is 4.79 Å². The second-order valence-corrected chi connectivity index (χ2v) is 7.43. The molecule has 128 valence electrons. The molecule has 1 saturated heterocycles. The van der Waals surface area contributed by atoms with Gasteiger partial charge in [-0.2, -0.15) is 16.9 Å². The van der Waals surface area contributed by atoms with Crippen molar-refractivity contribution in [1.82, 2.24) is 5.32 Å². The van der Waals surface area contributed by atoms with Gasteiger partial charge in [0.05, 0.1) is 5.69 Å². The lowest BCUT2D eigenvalue weighted by atomic mass is 9.92.